The molecular weight excluding hydrogens is 465 g/mol. The van der Waals surface area contributed by atoms with Crippen LogP contribution in [0.4, 0.5) is 5.69 Å². The summed E-state index contributed by atoms with van der Waals surface area (Å²) >= 11 is 2.04. The van der Waals surface area contributed by atoms with E-state index in [2.05, 4.69) is 4.72 Å². The molecule has 0 spiro atoms. The zero-order valence-corrected chi connectivity index (χ0v) is 16.7. The Bertz CT molecular complexity index is 1230. The summed E-state index contributed by atoms with van der Waals surface area (Å²) in [5.41, 5.74) is 1.85. The molecule has 0 fully saturated rings. The molecule has 3 aromatic carbocycles. The Labute approximate surface area is 164 Å². The van der Waals surface area contributed by atoms with Gasteiger partial charge in [-0.2, -0.15) is 0 Å². The topological polar surface area (TPSA) is 68.5 Å². The Morgan fingerprint density at radius 2 is 1.73 bits per heavy atom. The molecule has 0 unspecified atom stereocenters. The van der Waals surface area contributed by atoms with Gasteiger partial charge in [0.15, 0.2) is 0 Å². The van der Waals surface area contributed by atoms with E-state index in [9.17, 15) is 8.42 Å². The highest BCUT2D eigenvalue weighted by Crippen LogP contribution is 2.31. The Morgan fingerprint density at radius 1 is 0.962 bits per heavy atom. The van der Waals surface area contributed by atoms with E-state index < -0.39 is 10.0 Å². The predicted molar refractivity (Wildman–Crippen MR) is 110 cm³/mol. The largest absolute Gasteiger partial charge is 0.496 e. The van der Waals surface area contributed by atoms with E-state index in [4.69, 9.17) is 9.15 Å². The van der Waals surface area contributed by atoms with Crippen molar-refractivity contribution in [1.29, 1.82) is 0 Å². The fourth-order valence-electron chi connectivity index (χ4n) is 2.82. The third-order valence-corrected chi connectivity index (χ3v) is 6.29. The maximum atomic E-state index is 12.7. The third kappa shape index (κ3) is 3.01. The van der Waals surface area contributed by atoms with Gasteiger partial charge in [-0.15, -0.1) is 0 Å². The van der Waals surface area contributed by atoms with Crippen molar-refractivity contribution >= 4 is 60.2 Å². The maximum absolute atomic E-state index is 12.7. The van der Waals surface area contributed by atoms with Crippen molar-refractivity contribution in [2.45, 2.75) is 4.90 Å². The number of furan rings is 1. The molecule has 0 bridgehead atoms. The average molecular weight is 479 g/mol. The van der Waals surface area contributed by atoms with Crippen LogP contribution >= 0.6 is 22.6 Å². The summed E-state index contributed by atoms with van der Waals surface area (Å²) < 4.78 is 39.7. The zero-order valence-electron chi connectivity index (χ0n) is 13.7. The molecule has 0 atom stereocenters. The van der Waals surface area contributed by atoms with Crippen LogP contribution in [-0.4, -0.2) is 15.5 Å². The van der Waals surface area contributed by atoms with E-state index in [1.54, 1.807) is 31.4 Å². The molecular formula is C19H14INO4S. The third-order valence-electron chi connectivity index (χ3n) is 4.06. The number of sulfonamides is 1. The normalized spacial score (nSPS) is 11.8. The molecule has 0 saturated carbocycles. The molecule has 7 heteroatoms. The van der Waals surface area contributed by atoms with E-state index in [0.29, 0.717) is 17.0 Å². The SMILES string of the molecule is COc1ccc(S(=O)(=O)Nc2ccc3c(c2)oc2ccccc23)cc1I. The van der Waals surface area contributed by atoms with E-state index >= 15 is 0 Å². The first-order chi connectivity index (χ1) is 12.5. The van der Waals surface area contributed by atoms with Crippen LogP contribution in [0, 0.1) is 3.57 Å². The zero-order chi connectivity index (χ0) is 18.3. The van der Waals surface area contributed by atoms with Gasteiger partial charge >= 0.3 is 0 Å². The van der Waals surface area contributed by atoms with Crippen molar-refractivity contribution in [1.82, 2.24) is 0 Å². The van der Waals surface area contributed by atoms with Crippen LogP contribution in [0.2, 0.25) is 0 Å². The number of hydrogen-bond acceptors (Lipinski definition) is 4. The number of para-hydroxylation sites is 1. The van der Waals surface area contributed by atoms with Crippen molar-refractivity contribution in [3.05, 3.63) is 64.2 Å². The molecule has 0 saturated heterocycles. The van der Waals surface area contributed by atoms with Crippen LogP contribution in [-0.2, 0) is 10.0 Å². The van der Waals surface area contributed by atoms with Crippen molar-refractivity contribution in [3.63, 3.8) is 0 Å². The van der Waals surface area contributed by atoms with E-state index in [-0.39, 0.29) is 4.90 Å². The molecule has 4 aromatic rings. The van der Waals surface area contributed by atoms with Crippen LogP contribution in [0.5, 0.6) is 5.75 Å². The molecule has 0 amide bonds. The summed E-state index contributed by atoms with van der Waals surface area (Å²) in [6.07, 6.45) is 0. The van der Waals surface area contributed by atoms with Gasteiger partial charge in [0.2, 0.25) is 0 Å². The summed E-state index contributed by atoms with van der Waals surface area (Å²) in [4.78, 5) is 0.174. The molecule has 1 N–H and O–H groups in total. The molecule has 1 heterocycles. The van der Waals surface area contributed by atoms with E-state index in [1.165, 1.54) is 6.07 Å². The highest BCUT2D eigenvalue weighted by molar-refractivity contribution is 14.1. The number of fused-ring (bicyclic) bond motifs is 3. The summed E-state index contributed by atoms with van der Waals surface area (Å²) in [6, 6.07) is 17.7. The monoisotopic (exact) mass is 479 g/mol. The van der Waals surface area contributed by atoms with Crippen LogP contribution in [0.15, 0.2) is 70.0 Å². The highest BCUT2D eigenvalue weighted by Gasteiger charge is 2.17. The lowest BCUT2D eigenvalue weighted by Gasteiger charge is -2.10. The molecule has 0 aliphatic heterocycles. The maximum Gasteiger partial charge on any atom is 0.261 e. The predicted octanol–water partition coefficient (Wildman–Crippen LogP) is 5.00. The number of rotatable bonds is 4. The number of methoxy groups -OCH3 is 1. The second-order valence-corrected chi connectivity index (χ2v) is 8.56. The fraction of sp³-hybridized carbons (Fsp3) is 0.0526. The first-order valence-corrected chi connectivity index (χ1v) is 10.3. The molecule has 26 heavy (non-hydrogen) atoms. The molecule has 0 aliphatic carbocycles. The second kappa shape index (κ2) is 6.48. The van der Waals surface area contributed by atoms with Crippen LogP contribution in [0.25, 0.3) is 21.9 Å². The minimum atomic E-state index is -3.71. The van der Waals surface area contributed by atoms with Crippen molar-refractivity contribution in [2.75, 3.05) is 11.8 Å². The molecule has 0 radical (unpaired) electrons. The van der Waals surface area contributed by atoms with Gasteiger partial charge in [0, 0.05) is 16.8 Å². The number of halogens is 1. The van der Waals surface area contributed by atoms with Crippen LogP contribution < -0.4 is 9.46 Å². The first kappa shape index (κ1) is 17.2. The van der Waals surface area contributed by atoms with Gasteiger partial charge in [0.25, 0.3) is 10.0 Å². The lowest BCUT2D eigenvalue weighted by molar-refractivity contribution is 0.411. The van der Waals surface area contributed by atoms with Gasteiger partial charge in [-0.05, 0) is 59.0 Å². The summed E-state index contributed by atoms with van der Waals surface area (Å²) in [7, 11) is -2.16. The van der Waals surface area contributed by atoms with E-state index in [1.807, 2.05) is 52.9 Å². The summed E-state index contributed by atoms with van der Waals surface area (Å²) in [6.45, 7) is 0. The number of hydrogen-bond donors (Lipinski definition) is 1. The van der Waals surface area contributed by atoms with Gasteiger partial charge in [-0.1, -0.05) is 18.2 Å². The second-order valence-electron chi connectivity index (χ2n) is 5.71. The minimum absolute atomic E-state index is 0.174. The van der Waals surface area contributed by atoms with Gasteiger partial charge in [0.1, 0.15) is 16.9 Å². The first-order valence-electron chi connectivity index (χ1n) is 7.75. The van der Waals surface area contributed by atoms with Crippen molar-refractivity contribution in [2.24, 2.45) is 0 Å². The van der Waals surface area contributed by atoms with Crippen molar-refractivity contribution in [3.8, 4) is 5.75 Å². The Balaban J connectivity index is 1.71. The average Bonchev–Trinajstić information content (AvgIpc) is 2.99. The van der Waals surface area contributed by atoms with Crippen molar-refractivity contribution < 1.29 is 17.6 Å². The lowest BCUT2D eigenvalue weighted by atomic mass is 10.1. The van der Waals surface area contributed by atoms with Gasteiger partial charge < -0.3 is 9.15 Å². The fourth-order valence-corrected chi connectivity index (χ4v) is 4.84. The molecule has 0 aliphatic rings. The molecule has 1 aromatic heterocycles. The van der Waals surface area contributed by atoms with Gasteiger partial charge in [0.05, 0.1) is 21.3 Å². The Morgan fingerprint density at radius 3 is 2.50 bits per heavy atom. The Kier molecular flexibility index (Phi) is 4.28. The molecule has 132 valence electrons. The van der Waals surface area contributed by atoms with Gasteiger partial charge in [-0.25, -0.2) is 8.42 Å². The number of nitrogens with one attached hydrogen (secondary N) is 1. The number of ether oxygens (including phenoxy) is 1. The Hall–Kier alpha value is -2.26. The van der Waals surface area contributed by atoms with Crippen LogP contribution in [0.3, 0.4) is 0 Å². The highest BCUT2D eigenvalue weighted by atomic mass is 127. The molecule has 4 rings (SSSR count). The quantitative estimate of drug-likeness (QED) is 0.419. The number of anilines is 1. The number of benzene rings is 3. The summed E-state index contributed by atoms with van der Waals surface area (Å²) in [5, 5.41) is 1.95. The summed E-state index contributed by atoms with van der Waals surface area (Å²) in [5.74, 6) is 0.633. The smallest absolute Gasteiger partial charge is 0.261 e. The lowest BCUT2D eigenvalue weighted by Crippen LogP contribution is -2.13. The van der Waals surface area contributed by atoms with Crippen LogP contribution in [0.1, 0.15) is 0 Å². The van der Waals surface area contributed by atoms with E-state index in [0.717, 1.165) is 19.9 Å². The standard InChI is InChI=1S/C19H14INO4S/c1-24-18-9-7-13(11-16(18)20)26(22,23)21-12-6-8-15-14-4-2-3-5-17(14)25-19(15)10-12/h2-11,21H,1H3. The molecule has 5 nitrogen and oxygen atoms in total. The van der Waals surface area contributed by atoms with Gasteiger partial charge in [-0.3, -0.25) is 4.72 Å². The minimum Gasteiger partial charge on any atom is -0.496 e.